The maximum Gasteiger partial charge on any atom is 0.308 e. The number of nitrogens with zero attached hydrogens (tertiary/aromatic N) is 6. The minimum absolute atomic E-state index is 0.0524. The number of hydrogen-bond donors (Lipinski definition) is 2. The lowest BCUT2D eigenvalue weighted by molar-refractivity contribution is -0.384. The van der Waals surface area contributed by atoms with Gasteiger partial charge < -0.3 is 19.9 Å². The maximum atomic E-state index is 12.1. The highest BCUT2D eigenvalue weighted by molar-refractivity contribution is 5.88. The van der Waals surface area contributed by atoms with Crippen LogP contribution in [0, 0.1) is 15.0 Å². The number of nitrogens with one attached hydrogen (secondary N) is 1. The number of carboxylic acid groups (broad SMARTS) is 1. The van der Waals surface area contributed by atoms with E-state index in [2.05, 4.69) is 31.0 Å². The predicted octanol–water partition coefficient (Wildman–Crippen LogP) is 5.46. The molecule has 3 rings (SSSR count). The zero-order valence-electron chi connectivity index (χ0n) is 21.9. The number of ether oxygens (including phenoxy) is 2. The molecule has 0 aromatic heterocycles. The highest BCUT2D eigenvalue weighted by Gasteiger charge is 2.22. The summed E-state index contributed by atoms with van der Waals surface area (Å²) in [4.78, 5) is 55.1. The monoisotopic (exact) mass is 577 g/mol. The van der Waals surface area contributed by atoms with E-state index in [0.29, 0.717) is 34.2 Å². The van der Waals surface area contributed by atoms with Crippen molar-refractivity contribution >= 4 is 46.2 Å². The summed E-state index contributed by atoms with van der Waals surface area (Å²) in [5, 5.41) is 40.4. The summed E-state index contributed by atoms with van der Waals surface area (Å²) in [5.41, 5.74) is 1.69. The Balaban J connectivity index is 1.57. The molecule has 216 valence electrons. The number of azo groups is 2. The second kappa shape index (κ2) is 15.0. The van der Waals surface area contributed by atoms with Gasteiger partial charge in [0.2, 0.25) is 0 Å². The number of nitro benzene ring substituents is 1. The van der Waals surface area contributed by atoms with E-state index < -0.39 is 41.8 Å². The number of nitro groups is 1. The topological polar surface area (TPSA) is 224 Å². The van der Waals surface area contributed by atoms with Gasteiger partial charge in [-0.1, -0.05) is 0 Å². The van der Waals surface area contributed by atoms with Gasteiger partial charge in [-0.2, -0.15) is 15.3 Å². The first-order valence-corrected chi connectivity index (χ1v) is 12.1. The zero-order chi connectivity index (χ0) is 30.5. The number of nitroso groups, excluding NO2 is 1. The number of amides is 2. The largest absolute Gasteiger partial charge is 0.494 e. The molecule has 2 amide bonds. The Labute approximate surface area is 237 Å². The SMILES string of the molecule is COc1cc(N=Nc2ccc([N+](=O)[O-])cc2)ccc1N=Nc1ccc(OCC(=O)NC(CCC(=O)O)C(=O)N=O)cc1. The molecule has 1 atom stereocenters. The third-order valence-electron chi connectivity index (χ3n) is 5.35. The van der Waals surface area contributed by atoms with Gasteiger partial charge >= 0.3 is 11.9 Å². The van der Waals surface area contributed by atoms with Crippen LogP contribution in [-0.4, -0.2) is 47.6 Å². The summed E-state index contributed by atoms with van der Waals surface area (Å²) < 4.78 is 10.7. The van der Waals surface area contributed by atoms with Crippen molar-refractivity contribution < 1.29 is 33.9 Å². The van der Waals surface area contributed by atoms with Crippen molar-refractivity contribution in [2.75, 3.05) is 13.7 Å². The minimum Gasteiger partial charge on any atom is -0.494 e. The third-order valence-corrected chi connectivity index (χ3v) is 5.35. The third kappa shape index (κ3) is 9.37. The van der Waals surface area contributed by atoms with E-state index in [0.717, 1.165) is 0 Å². The number of non-ortho nitro benzene ring substituents is 1. The van der Waals surface area contributed by atoms with Gasteiger partial charge in [0.15, 0.2) is 6.61 Å². The summed E-state index contributed by atoms with van der Waals surface area (Å²) in [6.45, 7) is -0.498. The molecule has 3 aromatic carbocycles. The number of carbonyl (C=O) groups excluding carboxylic acids is 2. The van der Waals surface area contributed by atoms with Crippen molar-refractivity contribution in [2.24, 2.45) is 25.6 Å². The first-order chi connectivity index (χ1) is 20.2. The number of aliphatic carboxylic acids is 1. The van der Waals surface area contributed by atoms with Crippen LogP contribution in [0.5, 0.6) is 11.5 Å². The Hall–Kier alpha value is -5.93. The van der Waals surface area contributed by atoms with Crippen LogP contribution in [-0.2, 0) is 14.4 Å². The van der Waals surface area contributed by atoms with Crippen LogP contribution in [0.2, 0.25) is 0 Å². The summed E-state index contributed by atoms with van der Waals surface area (Å²) in [6.07, 6.45) is -0.723. The molecule has 0 spiro atoms. The number of hydrogen-bond acceptors (Lipinski definition) is 12. The summed E-state index contributed by atoms with van der Waals surface area (Å²) in [5.74, 6) is -2.45. The lowest BCUT2D eigenvalue weighted by atomic mass is 10.1. The second-order valence-electron chi connectivity index (χ2n) is 8.29. The molecule has 2 N–H and O–H groups in total. The van der Waals surface area contributed by atoms with Crippen LogP contribution in [0.1, 0.15) is 12.8 Å². The Morgan fingerprint density at radius 1 is 0.929 bits per heavy atom. The molecule has 0 aliphatic rings. The second-order valence-corrected chi connectivity index (χ2v) is 8.29. The maximum absolute atomic E-state index is 12.1. The molecule has 0 radical (unpaired) electrons. The van der Waals surface area contributed by atoms with Gasteiger partial charge in [0.25, 0.3) is 11.6 Å². The lowest BCUT2D eigenvalue weighted by Gasteiger charge is -2.13. The van der Waals surface area contributed by atoms with Crippen LogP contribution < -0.4 is 14.8 Å². The van der Waals surface area contributed by atoms with Crippen molar-refractivity contribution in [1.82, 2.24) is 5.32 Å². The Bertz CT molecular complexity index is 1510. The van der Waals surface area contributed by atoms with E-state index in [1.165, 1.54) is 43.5 Å². The molecule has 16 nitrogen and oxygen atoms in total. The Kier molecular flexibility index (Phi) is 10.9. The predicted molar refractivity (Wildman–Crippen MR) is 146 cm³/mol. The van der Waals surface area contributed by atoms with Crippen molar-refractivity contribution in [3.63, 3.8) is 0 Å². The normalized spacial score (nSPS) is 11.6. The molecule has 0 heterocycles. The summed E-state index contributed by atoms with van der Waals surface area (Å²) in [6, 6.07) is 15.3. The van der Waals surface area contributed by atoms with Crippen molar-refractivity contribution in [3.8, 4) is 11.5 Å². The van der Waals surface area contributed by atoms with Crippen LogP contribution >= 0.6 is 0 Å². The van der Waals surface area contributed by atoms with Gasteiger partial charge in [0, 0.05) is 29.8 Å². The van der Waals surface area contributed by atoms with E-state index in [-0.39, 0.29) is 12.1 Å². The summed E-state index contributed by atoms with van der Waals surface area (Å²) >= 11 is 0. The van der Waals surface area contributed by atoms with Gasteiger partial charge in [-0.05, 0) is 55.0 Å². The molecular weight excluding hydrogens is 554 g/mol. The minimum atomic E-state index is -1.36. The number of methoxy groups -OCH3 is 1. The average molecular weight is 578 g/mol. The summed E-state index contributed by atoms with van der Waals surface area (Å²) in [7, 11) is 1.45. The lowest BCUT2D eigenvalue weighted by Crippen LogP contribution is -2.42. The fraction of sp³-hybridized carbons (Fsp3) is 0.192. The van der Waals surface area contributed by atoms with E-state index in [4.69, 9.17) is 14.6 Å². The van der Waals surface area contributed by atoms with Gasteiger partial charge in [0.1, 0.15) is 23.2 Å². The smallest absolute Gasteiger partial charge is 0.308 e. The molecular formula is C26H23N7O9. The zero-order valence-corrected chi connectivity index (χ0v) is 21.9. The van der Waals surface area contributed by atoms with Gasteiger partial charge in [-0.3, -0.25) is 24.5 Å². The molecule has 0 aliphatic carbocycles. The molecule has 0 bridgehead atoms. The molecule has 0 saturated carbocycles. The molecule has 3 aromatic rings. The molecule has 0 fully saturated rings. The number of carbonyl (C=O) groups is 3. The highest BCUT2D eigenvalue weighted by Crippen LogP contribution is 2.34. The van der Waals surface area contributed by atoms with Crippen molar-refractivity contribution in [1.29, 1.82) is 0 Å². The first-order valence-electron chi connectivity index (χ1n) is 12.1. The number of benzene rings is 3. The molecule has 0 saturated heterocycles. The number of rotatable bonds is 14. The first kappa shape index (κ1) is 30.6. The molecule has 1 unspecified atom stereocenters. The van der Waals surface area contributed by atoms with Gasteiger partial charge in [0.05, 0.1) is 29.1 Å². The van der Waals surface area contributed by atoms with Crippen molar-refractivity contribution in [3.05, 3.63) is 81.8 Å². The van der Waals surface area contributed by atoms with E-state index >= 15 is 0 Å². The van der Waals surface area contributed by atoms with Crippen LogP contribution in [0.3, 0.4) is 0 Å². The van der Waals surface area contributed by atoms with Crippen LogP contribution in [0.15, 0.2) is 92.4 Å². The van der Waals surface area contributed by atoms with Crippen LogP contribution in [0.4, 0.5) is 28.4 Å². The molecule has 42 heavy (non-hydrogen) atoms. The van der Waals surface area contributed by atoms with E-state index in [1.807, 2.05) is 0 Å². The van der Waals surface area contributed by atoms with Crippen LogP contribution in [0.25, 0.3) is 0 Å². The number of carboxylic acids is 1. The average Bonchev–Trinajstić information content (AvgIpc) is 3.00. The molecule has 16 heteroatoms. The quantitative estimate of drug-likeness (QED) is 0.107. The standard InChI is InChI=1S/C26H23N7O9/c1-41-23-14-18(30-28-16-2-7-19(8-3-16)33(39)40)6-11-21(23)31-29-17-4-9-20(10-5-17)42-15-24(34)27-22(26(37)32-38)12-13-25(35)36/h2-11,14,22H,12-13,15H2,1H3,(H,27,34)(H,35,36). The van der Waals surface area contributed by atoms with E-state index in [1.54, 1.807) is 30.3 Å². The van der Waals surface area contributed by atoms with E-state index in [9.17, 15) is 29.4 Å². The molecule has 0 aliphatic heterocycles. The Morgan fingerprint density at radius 3 is 2.12 bits per heavy atom. The fourth-order valence-corrected chi connectivity index (χ4v) is 3.26. The Morgan fingerprint density at radius 2 is 1.52 bits per heavy atom. The highest BCUT2D eigenvalue weighted by atomic mass is 16.6. The van der Waals surface area contributed by atoms with Crippen molar-refractivity contribution in [2.45, 2.75) is 18.9 Å². The van der Waals surface area contributed by atoms with Gasteiger partial charge in [-0.25, -0.2) is 0 Å². The van der Waals surface area contributed by atoms with Gasteiger partial charge in [-0.15, -0.1) is 10.0 Å². The fourth-order valence-electron chi connectivity index (χ4n) is 3.26.